The molecule has 1 aromatic carbocycles. The lowest BCUT2D eigenvalue weighted by Gasteiger charge is -2.30. The predicted molar refractivity (Wildman–Crippen MR) is 208 cm³/mol. The molecule has 0 radical (unpaired) electrons. The van der Waals surface area contributed by atoms with E-state index in [0.29, 0.717) is 36.0 Å². The van der Waals surface area contributed by atoms with Gasteiger partial charge in [-0.1, -0.05) is 31.1 Å². The summed E-state index contributed by atoms with van der Waals surface area (Å²) >= 11 is 0. The normalized spacial score (nSPS) is 25.4. The maximum atomic E-state index is 14.6. The standard InChI is InChI=1S/C38H56N8O9S/c1-9-39-31(47)26-17-15-19-28-30(26)41-35(46(28)23(2)3)54-25-20-29-32(48)42-38(34(50)43-56(52,53)44(7)8)21-24(38)16-13-11-10-12-14-18-27(33(49)45(29)22-25)40-36(51)55-37(4,5)6/h13,15-17,19,23-25,27,29H,9-12,14,18,20-22H2,1-8H3,(H,39,47)(H,40,51)(H,42,48)(H,43,50)/b16-13-/t24-,25-,27+,29+,38-/m1/s1. The largest absolute Gasteiger partial charge is 0.459 e. The topological polar surface area (TPSA) is 210 Å². The van der Waals surface area contributed by atoms with E-state index in [-0.39, 0.29) is 43.8 Å². The first-order valence-electron chi connectivity index (χ1n) is 19.3. The number of nitrogens with zero attached hydrogens (tertiary/aromatic N) is 4. The third-order valence-corrected chi connectivity index (χ3v) is 11.5. The molecule has 4 N–H and O–H groups in total. The summed E-state index contributed by atoms with van der Waals surface area (Å²) in [5.41, 5.74) is -0.955. The van der Waals surface area contributed by atoms with Gasteiger partial charge in [0.1, 0.15) is 34.8 Å². The molecule has 1 aromatic heterocycles. The van der Waals surface area contributed by atoms with Crippen molar-refractivity contribution in [2.45, 2.75) is 122 Å². The van der Waals surface area contributed by atoms with Gasteiger partial charge in [0.05, 0.1) is 17.6 Å². The highest BCUT2D eigenvalue weighted by molar-refractivity contribution is 7.87. The average molecular weight is 801 g/mol. The van der Waals surface area contributed by atoms with Crippen LogP contribution in [0.4, 0.5) is 4.79 Å². The number of allylic oxidation sites excluding steroid dienone is 1. The van der Waals surface area contributed by atoms with E-state index in [9.17, 15) is 32.4 Å². The molecule has 5 amide bonds. The van der Waals surface area contributed by atoms with E-state index in [1.807, 2.05) is 43.6 Å². The van der Waals surface area contributed by atoms with E-state index in [2.05, 4.69) is 20.7 Å². The van der Waals surface area contributed by atoms with Crippen LogP contribution in [0.2, 0.25) is 0 Å². The maximum Gasteiger partial charge on any atom is 0.408 e. The highest BCUT2D eigenvalue weighted by Crippen LogP contribution is 2.46. The van der Waals surface area contributed by atoms with Gasteiger partial charge in [-0.3, -0.25) is 23.7 Å². The SMILES string of the molecule is CCNC(=O)c1cccc2c1nc(O[C@@H]1C[C@H]3C(=O)N[C@]4(C(=O)NS(=O)(=O)N(C)C)C[C@H]4/C=C\CCCCC[C@H](NC(=O)OC(C)(C)C)C(=O)N3C1)n2C(C)C. The van der Waals surface area contributed by atoms with Crippen molar-refractivity contribution in [2.75, 3.05) is 27.2 Å². The van der Waals surface area contributed by atoms with Gasteiger partial charge >= 0.3 is 16.3 Å². The van der Waals surface area contributed by atoms with Crippen LogP contribution in [0.15, 0.2) is 30.4 Å². The minimum atomic E-state index is -4.19. The zero-order chi connectivity index (χ0) is 41.2. The van der Waals surface area contributed by atoms with Crippen molar-refractivity contribution in [1.82, 2.24) is 39.4 Å². The van der Waals surface area contributed by atoms with Crippen LogP contribution < -0.4 is 25.4 Å². The number of carbonyl (C=O) groups excluding carboxylic acids is 5. The van der Waals surface area contributed by atoms with Gasteiger partial charge in [-0.2, -0.15) is 17.7 Å². The molecule has 2 fully saturated rings. The summed E-state index contributed by atoms with van der Waals surface area (Å²) in [6.45, 7) is 11.2. The number of carbonyl (C=O) groups is 5. The number of alkyl carbamates (subject to hydrolysis) is 1. The van der Waals surface area contributed by atoms with Crippen LogP contribution in [0.1, 0.15) is 103 Å². The van der Waals surface area contributed by atoms with Crippen LogP contribution in [-0.4, -0.2) is 113 Å². The van der Waals surface area contributed by atoms with Gasteiger partial charge in [0, 0.05) is 39.0 Å². The van der Waals surface area contributed by atoms with Gasteiger partial charge in [0.25, 0.3) is 17.8 Å². The van der Waals surface area contributed by atoms with E-state index in [1.165, 1.54) is 19.0 Å². The second kappa shape index (κ2) is 16.8. The molecule has 3 aliphatic rings. The van der Waals surface area contributed by atoms with E-state index < -0.39 is 69.3 Å². The molecule has 5 rings (SSSR count). The number of para-hydroxylation sites is 1. The Bertz CT molecular complexity index is 1970. The van der Waals surface area contributed by atoms with Gasteiger partial charge < -0.3 is 30.3 Å². The van der Waals surface area contributed by atoms with Crippen molar-refractivity contribution in [3.05, 3.63) is 35.9 Å². The number of fused-ring (bicyclic) bond motifs is 3. The Kier molecular flexibility index (Phi) is 12.7. The second-order valence-electron chi connectivity index (χ2n) is 16.1. The first-order valence-corrected chi connectivity index (χ1v) is 20.7. The van der Waals surface area contributed by atoms with E-state index in [1.54, 1.807) is 32.9 Å². The Hall–Kier alpha value is -4.71. The molecule has 56 heavy (non-hydrogen) atoms. The van der Waals surface area contributed by atoms with Crippen LogP contribution in [0, 0.1) is 5.92 Å². The van der Waals surface area contributed by atoms with E-state index in [4.69, 9.17) is 14.5 Å². The third kappa shape index (κ3) is 9.45. The third-order valence-electron chi connectivity index (χ3n) is 10.1. The highest BCUT2D eigenvalue weighted by atomic mass is 32.2. The number of aromatic nitrogens is 2. The Morgan fingerprint density at radius 1 is 1.12 bits per heavy atom. The molecule has 0 unspecified atom stereocenters. The van der Waals surface area contributed by atoms with Crippen molar-refractivity contribution in [1.29, 1.82) is 0 Å². The Morgan fingerprint density at radius 3 is 2.52 bits per heavy atom. The lowest BCUT2D eigenvalue weighted by Crippen LogP contribution is -2.58. The van der Waals surface area contributed by atoms with Gasteiger partial charge in [-0.25, -0.2) is 9.52 Å². The molecule has 17 nitrogen and oxygen atoms in total. The average Bonchev–Trinajstić information content (AvgIpc) is 3.42. The number of hydrogen-bond donors (Lipinski definition) is 4. The summed E-state index contributed by atoms with van der Waals surface area (Å²) in [4.78, 5) is 74.8. The number of benzene rings is 1. The predicted octanol–water partition coefficient (Wildman–Crippen LogP) is 2.93. The first kappa shape index (κ1) is 42.4. The summed E-state index contributed by atoms with van der Waals surface area (Å²) in [5, 5.41) is 8.37. The number of rotatable bonds is 9. The second-order valence-corrected chi connectivity index (χ2v) is 18.0. The summed E-state index contributed by atoms with van der Waals surface area (Å²) < 4.78 is 42.3. The molecular weight excluding hydrogens is 745 g/mol. The Morgan fingerprint density at radius 2 is 1.86 bits per heavy atom. The Labute approximate surface area is 328 Å². The molecule has 308 valence electrons. The minimum absolute atomic E-state index is 0.0184. The minimum Gasteiger partial charge on any atom is -0.459 e. The van der Waals surface area contributed by atoms with Crippen LogP contribution in [0.5, 0.6) is 6.01 Å². The smallest absolute Gasteiger partial charge is 0.408 e. The quantitative estimate of drug-likeness (QED) is 0.273. The van der Waals surface area contributed by atoms with Crippen molar-refractivity contribution >= 4 is 51.0 Å². The van der Waals surface area contributed by atoms with Crippen LogP contribution in [0.25, 0.3) is 11.0 Å². The molecule has 18 heteroatoms. The van der Waals surface area contributed by atoms with Crippen molar-refractivity contribution in [2.24, 2.45) is 5.92 Å². The van der Waals surface area contributed by atoms with E-state index >= 15 is 0 Å². The monoisotopic (exact) mass is 800 g/mol. The first-order chi connectivity index (χ1) is 26.3. The summed E-state index contributed by atoms with van der Waals surface area (Å²) in [6.07, 6.45) is 5.33. The van der Waals surface area contributed by atoms with Crippen LogP contribution in [-0.2, 0) is 29.3 Å². The molecule has 1 saturated heterocycles. The summed E-state index contributed by atoms with van der Waals surface area (Å²) in [5.74, 6) is -2.88. The van der Waals surface area contributed by atoms with E-state index in [0.717, 1.165) is 17.1 Å². The van der Waals surface area contributed by atoms with Crippen LogP contribution >= 0.6 is 0 Å². The molecule has 1 aliphatic carbocycles. The number of nitrogens with one attached hydrogen (secondary N) is 4. The number of amides is 5. The van der Waals surface area contributed by atoms with Gasteiger partial charge in [-0.05, 0) is 79.4 Å². The number of imidazole rings is 1. The molecule has 3 heterocycles. The van der Waals surface area contributed by atoms with Crippen molar-refractivity contribution in [3.8, 4) is 6.01 Å². The molecular formula is C38H56N8O9S. The molecule has 0 bridgehead atoms. The molecule has 5 atom stereocenters. The maximum absolute atomic E-state index is 14.6. The fourth-order valence-corrected chi connectivity index (χ4v) is 7.78. The fraction of sp³-hybridized carbons (Fsp3) is 0.632. The molecule has 0 spiro atoms. The zero-order valence-electron chi connectivity index (χ0n) is 33.5. The van der Waals surface area contributed by atoms with Crippen molar-refractivity contribution < 1.29 is 41.9 Å². The van der Waals surface area contributed by atoms with Gasteiger partial charge in [0.15, 0.2) is 0 Å². The van der Waals surface area contributed by atoms with Gasteiger partial charge in [-0.15, -0.1) is 0 Å². The van der Waals surface area contributed by atoms with Crippen LogP contribution in [0.3, 0.4) is 0 Å². The lowest BCUT2D eigenvalue weighted by molar-refractivity contribution is -0.141. The van der Waals surface area contributed by atoms with Gasteiger partial charge in [0.2, 0.25) is 11.8 Å². The summed E-state index contributed by atoms with van der Waals surface area (Å²) in [6, 6.07) is 3.09. The fourth-order valence-electron chi connectivity index (χ4n) is 7.18. The Balaban J connectivity index is 1.52. The highest BCUT2D eigenvalue weighted by Gasteiger charge is 2.62. The number of hydrogen-bond acceptors (Lipinski definition) is 10. The van der Waals surface area contributed by atoms with Crippen molar-refractivity contribution in [3.63, 3.8) is 0 Å². The zero-order valence-corrected chi connectivity index (χ0v) is 34.3. The molecule has 2 aromatic rings. The number of ether oxygens (including phenoxy) is 2. The lowest BCUT2D eigenvalue weighted by atomic mass is 10.0. The molecule has 2 aliphatic heterocycles. The summed E-state index contributed by atoms with van der Waals surface area (Å²) in [7, 11) is -1.62. The molecule has 1 saturated carbocycles.